The van der Waals surface area contributed by atoms with E-state index in [1.54, 1.807) is 27.7 Å². The van der Waals surface area contributed by atoms with Crippen molar-refractivity contribution in [2.45, 2.75) is 72.5 Å². The summed E-state index contributed by atoms with van der Waals surface area (Å²) in [5.74, 6) is -1.47. The van der Waals surface area contributed by atoms with Crippen LogP contribution < -0.4 is 20.1 Å². The lowest BCUT2D eigenvalue weighted by atomic mass is 10.0. The molecular formula is C27H32F6N2O4. The van der Waals surface area contributed by atoms with Crippen molar-refractivity contribution in [2.75, 3.05) is 13.1 Å². The molecule has 6 nitrogen and oxygen atoms in total. The number of hydrogen-bond acceptors (Lipinski definition) is 4. The zero-order valence-corrected chi connectivity index (χ0v) is 22.2. The normalized spacial score (nSPS) is 11.7. The maximum atomic E-state index is 12.5. The molecule has 0 heterocycles. The van der Waals surface area contributed by atoms with E-state index in [-0.39, 0.29) is 23.3 Å². The Morgan fingerprint density at radius 1 is 0.590 bits per heavy atom. The molecule has 0 saturated heterocycles. The Kier molecular flexibility index (Phi) is 11.1. The Labute approximate surface area is 223 Å². The summed E-state index contributed by atoms with van der Waals surface area (Å²) >= 11 is 0. The van der Waals surface area contributed by atoms with E-state index in [4.69, 9.17) is 0 Å². The highest BCUT2D eigenvalue weighted by atomic mass is 19.4. The molecule has 216 valence electrons. The van der Waals surface area contributed by atoms with Crippen LogP contribution in [0.15, 0.2) is 24.3 Å². The number of rotatable bonds is 12. The van der Waals surface area contributed by atoms with Gasteiger partial charge in [0.1, 0.15) is 11.5 Å². The molecule has 0 aliphatic heterocycles. The number of aryl methyl sites for hydroxylation is 4. The average Bonchev–Trinajstić information content (AvgIpc) is 2.74. The highest BCUT2D eigenvalue weighted by molar-refractivity contribution is 5.97. The van der Waals surface area contributed by atoms with Crippen LogP contribution in [0.3, 0.4) is 0 Å². The van der Waals surface area contributed by atoms with Gasteiger partial charge in [-0.3, -0.25) is 9.59 Å². The second-order valence-electron chi connectivity index (χ2n) is 9.24. The van der Waals surface area contributed by atoms with Gasteiger partial charge >= 0.3 is 12.7 Å². The molecule has 2 N–H and O–H groups in total. The van der Waals surface area contributed by atoms with Crippen LogP contribution in [0.2, 0.25) is 0 Å². The van der Waals surface area contributed by atoms with E-state index in [9.17, 15) is 35.9 Å². The van der Waals surface area contributed by atoms with Crippen LogP contribution in [0.1, 0.15) is 75.1 Å². The highest BCUT2D eigenvalue weighted by Gasteiger charge is 2.32. The number of benzene rings is 2. The van der Waals surface area contributed by atoms with Gasteiger partial charge in [-0.1, -0.05) is 19.3 Å². The van der Waals surface area contributed by atoms with Gasteiger partial charge in [-0.25, -0.2) is 0 Å². The molecule has 0 aliphatic rings. The van der Waals surface area contributed by atoms with Crippen LogP contribution in [0.25, 0.3) is 0 Å². The molecular weight excluding hydrogens is 530 g/mol. The molecule has 2 amide bonds. The minimum Gasteiger partial charge on any atom is -0.406 e. The van der Waals surface area contributed by atoms with E-state index in [1.165, 1.54) is 24.3 Å². The number of amides is 2. The number of nitrogens with one attached hydrogen (secondary N) is 2. The number of carbonyl (C=O) groups excluding carboxylic acids is 2. The predicted molar refractivity (Wildman–Crippen MR) is 133 cm³/mol. The third kappa shape index (κ3) is 10.7. The lowest BCUT2D eigenvalue weighted by molar-refractivity contribution is -0.275. The monoisotopic (exact) mass is 562 g/mol. The van der Waals surface area contributed by atoms with E-state index >= 15 is 0 Å². The fourth-order valence-corrected chi connectivity index (χ4v) is 4.31. The van der Waals surface area contributed by atoms with E-state index in [2.05, 4.69) is 20.1 Å². The van der Waals surface area contributed by atoms with Gasteiger partial charge in [-0.05, 0) is 87.1 Å². The van der Waals surface area contributed by atoms with Crippen LogP contribution in [0.4, 0.5) is 26.3 Å². The van der Waals surface area contributed by atoms with Gasteiger partial charge in [-0.15, -0.1) is 26.3 Å². The fourth-order valence-electron chi connectivity index (χ4n) is 4.31. The lowest BCUT2D eigenvalue weighted by Crippen LogP contribution is -2.26. The van der Waals surface area contributed by atoms with Gasteiger partial charge < -0.3 is 20.1 Å². The zero-order chi connectivity index (χ0) is 29.4. The first-order chi connectivity index (χ1) is 18.1. The molecule has 12 heteroatoms. The van der Waals surface area contributed by atoms with Crippen molar-refractivity contribution in [1.82, 2.24) is 10.6 Å². The van der Waals surface area contributed by atoms with Gasteiger partial charge in [0.25, 0.3) is 11.8 Å². The molecule has 0 unspecified atom stereocenters. The first kappa shape index (κ1) is 31.8. The fraction of sp³-hybridized carbons (Fsp3) is 0.481. The van der Waals surface area contributed by atoms with E-state index in [1.807, 2.05) is 0 Å². The highest BCUT2D eigenvalue weighted by Crippen LogP contribution is 2.28. The predicted octanol–water partition coefficient (Wildman–Crippen LogP) is 6.83. The maximum absolute atomic E-state index is 12.5. The maximum Gasteiger partial charge on any atom is 0.573 e. The topological polar surface area (TPSA) is 76.7 Å². The molecule has 39 heavy (non-hydrogen) atoms. The summed E-state index contributed by atoms with van der Waals surface area (Å²) in [6, 6.07) is 4.70. The summed E-state index contributed by atoms with van der Waals surface area (Å²) < 4.78 is 82.5. The molecule has 2 aromatic rings. The first-order valence-corrected chi connectivity index (χ1v) is 12.4. The van der Waals surface area contributed by atoms with Crippen molar-refractivity contribution in [3.63, 3.8) is 0 Å². The van der Waals surface area contributed by atoms with Gasteiger partial charge in [0, 0.05) is 24.2 Å². The van der Waals surface area contributed by atoms with Crippen LogP contribution >= 0.6 is 0 Å². The molecule has 0 atom stereocenters. The molecule has 0 aromatic heterocycles. The number of carbonyl (C=O) groups is 2. The number of alkyl halides is 6. The lowest BCUT2D eigenvalue weighted by Gasteiger charge is -2.15. The molecule has 0 saturated carbocycles. The van der Waals surface area contributed by atoms with Gasteiger partial charge in [0.05, 0.1) is 0 Å². The summed E-state index contributed by atoms with van der Waals surface area (Å²) in [6.45, 7) is 6.99. The Balaban J connectivity index is 1.68. The Bertz CT molecular complexity index is 1030. The molecule has 0 aliphatic carbocycles. The summed E-state index contributed by atoms with van der Waals surface area (Å²) in [5, 5.41) is 5.56. The second kappa shape index (κ2) is 13.6. The molecule has 0 radical (unpaired) electrons. The van der Waals surface area contributed by atoms with Gasteiger partial charge in [0.2, 0.25) is 0 Å². The smallest absolute Gasteiger partial charge is 0.406 e. The van der Waals surface area contributed by atoms with Crippen molar-refractivity contribution in [1.29, 1.82) is 0 Å². The Hall–Kier alpha value is -3.44. The van der Waals surface area contributed by atoms with Crippen LogP contribution in [-0.4, -0.2) is 37.6 Å². The second-order valence-corrected chi connectivity index (χ2v) is 9.24. The SMILES string of the molecule is Cc1cc(OC(F)(F)F)cc(C)c1C(=O)NCCCCCCCNC(=O)c1c(C)cc(OC(F)(F)F)cc1C. The van der Waals surface area contributed by atoms with Crippen molar-refractivity contribution < 1.29 is 45.4 Å². The number of ether oxygens (including phenoxy) is 2. The average molecular weight is 563 g/mol. The van der Waals surface area contributed by atoms with Gasteiger partial charge in [-0.2, -0.15) is 0 Å². The van der Waals surface area contributed by atoms with Crippen molar-refractivity contribution >= 4 is 11.8 Å². The minimum atomic E-state index is -4.81. The minimum absolute atomic E-state index is 0.313. The Morgan fingerprint density at radius 3 is 1.15 bits per heavy atom. The van der Waals surface area contributed by atoms with Gasteiger partial charge in [0.15, 0.2) is 0 Å². The first-order valence-electron chi connectivity index (χ1n) is 12.4. The zero-order valence-electron chi connectivity index (χ0n) is 22.2. The largest absolute Gasteiger partial charge is 0.573 e. The third-order valence-corrected chi connectivity index (χ3v) is 5.86. The van der Waals surface area contributed by atoms with E-state index in [0.29, 0.717) is 59.3 Å². The summed E-state index contributed by atoms with van der Waals surface area (Å²) in [7, 11) is 0. The van der Waals surface area contributed by atoms with Crippen molar-refractivity contribution in [3.05, 3.63) is 57.6 Å². The van der Waals surface area contributed by atoms with E-state index < -0.39 is 12.7 Å². The van der Waals surface area contributed by atoms with Crippen LogP contribution in [-0.2, 0) is 0 Å². The molecule has 0 bridgehead atoms. The Morgan fingerprint density at radius 2 is 0.872 bits per heavy atom. The molecule has 0 fully saturated rings. The quantitative estimate of drug-likeness (QED) is 0.220. The number of halogens is 6. The number of unbranched alkanes of at least 4 members (excludes halogenated alkanes) is 4. The molecule has 0 spiro atoms. The summed E-state index contributed by atoms with van der Waals surface area (Å²) in [4.78, 5) is 25.0. The van der Waals surface area contributed by atoms with Crippen molar-refractivity contribution in [3.8, 4) is 11.5 Å². The summed E-state index contributed by atoms with van der Waals surface area (Å²) in [6.07, 6.45) is -5.71. The van der Waals surface area contributed by atoms with E-state index in [0.717, 1.165) is 19.3 Å². The number of hydrogen-bond donors (Lipinski definition) is 2. The molecule has 2 aromatic carbocycles. The third-order valence-electron chi connectivity index (χ3n) is 5.86. The van der Waals surface area contributed by atoms with Crippen LogP contribution in [0.5, 0.6) is 11.5 Å². The van der Waals surface area contributed by atoms with Crippen molar-refractivity contribution in [2.24, 2.45) is 0 Å². The molecule has 2 rings (SSSR count). The van der Waals surface area contributed by atoms with Crippen LogP contribution in [0, 0.1) is 27.7 Å². The standard InChI is InChI=1S/C27H32F6N2O4/c1-16-12-20(38-26(28,29)30)13-17(2)22(16)24(36)34-10-8-6-5-7-9-11-35-25(37)23-18(3)14-21(15-19(23)4)39-27(31,32)33/h12-15H,5-11H2,1-4H3,(H,34,36)(H,35,37). The summed E-state index contributed by atoms with van der Waals surface area (Å²) in [5.41, 5.74) is 2.14.